The van der Waals surface area contributed by atoms with E-state index >= 15 is 0 Å². The van der Waals surface area contributed by atoms with Crippen molar-refractivity contribution >= 4 is 23.5 Å². The molecule has 1 unspecified atom stereocenters. The smallest absolute Gasteiger partial charge is 0.328 e. The Labute approximate surface area is 141 Å². The molecule has 0 aromatic heterocycles. The van der Waals surface area contributed by atoms with Gasteiger partial charge in [0.1, 0.15) is 12.1 Å². The Kier molecular flexibility index (Phi) is 7.23. The number of carbonyl (C=O) groups is 3. The minimum atomic E-state index is -0.756. The van der Waals surface area contributed by atoms with Crippen LogP contribution in [0.1, 0.15) is 31.1 Å². The van der Waals surface area contributed by atoms with Gasteiger partial charge in [-0.1, -0.05) is 26.0 Å². The summed E-state index contributed by atoms with van der Waals surface area (Å²) in [5, 5.41) is 5.61. The SMILES string of the molecule is COC(=O)C(C)Nc1ccccc1C(=O)N[C@H](C(=O)OC)C(C)C. The standard InChI is InChI=1S/C17H24N2O5/c1-10(2)14(17(22)24-5)19-15(20)12-8-6-7-9-13(12)18-11(3)16(21)23-4/h6-11,14,18H,1-5H3,(H,19,20)/t11?,14-/m0/s1. The third kappa shape index (κ3) is 4.97. The van der Waals surface area contributed by atoms with E-state index in [2.05, 4.69) is 15.4 Å². The van der Waals surface area contributed by atoms with Crippen LogP contribution in [0.5, 0.6) is 0 Å². The molecule has 0 spiro atoms. The number of rotatable bonds is 7. The topological polar surface area (TPSA) is 93.7 Å². The van der Waals surface area contributed by atoms with Gasteiger partial charge in [0, 0.05) is 5.69 Å². The van der Waals surface area contributed by atoms with Gasteiger partial charge < -0.3 is 20.1 Å². The number of carbonyl (C=O) groups excluding carboxylic acids is 3. The Bertz CT molecular complexity index is 600. The number of ether oxygens (including phenoxy) is 2. The maximum absolute atomic E-state index is 12.5. The van der Waals surface area contributed by atoms with Gasteiger partial charge in [0.2, 0.25) is 0 Å². The highest BCUT2D eigenvalue weighted by atomic mass is 16.5. The Morgan fingerprint density at radius 1 is 0.958 bits per heavy atom. The van der Waals surface area contributed by atoms with E-state index in [4.69, 9.17) is 4.74 Å². The molecular formula is C17H24N2O5. The molecule has 2 atom stereocenters. The lowest BCUT2D eigenvalue weighted by molar-refractivity contribution is -0.144. The molecular weight excluding hydrogens is 312 g/mol. The van der Waals surface area contributed by atoms with Crippen molar-refractivity contribution in [2.24, 2.45) is 5.92 Å². The molecule has 1 aromatic carbocycles. The van der Waals surface area contributed by atoms with Crippen LogP contribution in [-0.4, -0.2) is 44.1 Å². The van der Waals surface area contributed by atoms with Gasteiger partial charge in [0.25, 0.3) is 5.91 Å². The van der Waals surface area contributed by atoms with E-state index in [1.807, 2.05) is 13.8 Å². The van der Waals surface area contributed by atoms with Gasteiger partial charge in [-0.15, -0.1) is 0 Å². The summed E-state index contributed by atoms with van der Waals surface area (Å²) in [4.78, 5) is 35.9. The summed E-state index contributed by atoms with van der Waals surface area (Å²) in [5.41, 5.74) is 0.795. The molecule has 0 bridgehead atoms. The minimum Gasteiger partial charge on any atom is -0.467 e. The highest BCUT2D eigenvalue weighted by molar-refractivity contribution is 6.01. The minimum absolute atomic E-state index is 0.129. The van der Waals surface area contributed by atoms with Crippen molar-refractivity contribution in [2.45, 2.75) is 32.9 Å². The fraction of sp³-hybridized carbons (Fsp3) is 0.471. The van der Waals surface area contributed by atoms with Gasteiger partial charge in [-0.3, -0.25) is 4.79 Å². The first-order valence-electron chi connectivity index (χ1n) is 7.63. The molecule has 24 heavy (non-hydrogen) atoms. The fourth-order valence-electron chi connectivity index (χ4n) is 2.12. The van der Waals surface area contributed by atoms with Crippen LogP contribution in [0.2, 0.25) is 0 Å². The lowest BCUT2D eigenvalue weighted by atomic mass is 10.0. The van der Waals surface area contributed by atoms with Gasteiger partial charge in [-0.05, 0) is 25.0 Å². The number of benzene rings is 1. The van der Waals surface area contributed by atoms with Gasteiger partial charge >= 0.3 is 11.9 Å². The van der Waals surface area contributed by atoms with Crippen LogP contribution >= 0.6 is 0 Å². The summed E-state index contributed by atoms with van der Waals surface area (Å²) in [6.07, 6.45) is 0. The molecule has 0 fully saturated rings. The van der Waals surface area contributed by atoms with Crippen molar-refractivity contribution in [2.75, 3.05) is 19.5 Å². The second-order valence-electron chi connectivity index (χ2n) is 5.65. The lowest BCUT2D eigenvalue weighted by Crippen LogP contribution is -2.45. The van der Waals surface area contributed by atoms with Gasteiger partial charge in [-0.25, -0.2) is 9.59 Å². The van der Waals surface area contributed by atoms with Crippen LogP contribution in [0.4, 0.5) is 5.69 Å². The second kappa shape index (κ2) is 8.90. The molecule has 0 aliphatic heterocycles. The van der Waals surface area contributed by atoms with E-state index in [0.29, 0.717) is 11.3 Å². The van der Waals surface area contributed by atoms with E-state index < -0.39 is 29.9 Å². The average molecular weight is 336 g/mol. The summed E-state index contributed by atoms with van der Waals surface area (Å²) < 4.78 is 9.38. The van der Waals surface area contributed by atoms with Crippen molar-refractivity contribution in [3.63, 3.8) is 0 Å². The molecule has 0 saturated carbocycles. The van der Waals surface area contributed by atoms with Gasteiger partial charge in [0.15, 0.2) is 0 Å². The maximum atomic E-state index is 12.5. The second-order valence-corrected chi connectivity index (χ2v) is 5.65. The van der Waals surface area contributed by atoms with Crippen molar-refractivity contribution in [3.8, 4) is 0 Å². The van der Waals surface area contributed by atoms with Crippen LogP contribution in [0.3, 0.4) is 0 Å². The number of para-hydroxylation sites is 1. The van der Waals surface area contributed by atoms with Gasteiger partial charge in [0.05, 0.1) is 19.8 Å². The molecule has 2 N–H and O–H groups in total. The van der Waals surface area contributed by atoms with Crippen molar-refractivity contribution in [1.29, 1.82) is 0 Å². The molecule has 7 nitrogen and oxygen atoms in total. The molecule has 132 valence electrons. The van der Waals surface area contributed by atoms with E-state index in [0.717, 1.165) is 0 Å². The maximum Gasteiger partial charge on any atom is 0.328 e. The monoisotopic (exact) mass is 336 g/mol. The lowest BCUT2D eigenvalue weighted by Gasteiger charge is -2.21. The number of amides is 1. The first-order chi connectivity index (χ1) is 11.3. The van der Waals surface area contributed by atoms with E-state index in [1.165, 1.54) is 14.2 Å². The van der Waals surface area contributed by atoms with Crippen molar-refractivity contribution < 1.29 is 23.9 Å². The first-order valence-corrected chi connectivity index (χ1v) is 7.63. The average Bonchev–Trinajstić information content (AvgIpc) is 2.58. The number of hydrogen-bond acceptors (Lipinski definition) is 6. The van der Waals surface area contributed by atoms with E-state index in [9.17, 15) is 14.4 Å². The number of anilines is 1. The molecule has 1 aromatic rings. The third-order valence-corrected chi connectivity index (χ3v) is 3.51. The summed E-state index contributed by atoms with van der Waals surface area (Å²) in [5.74, 6) is -1.51. The molecule has 1 rings (SSSR count). The quantitative estimate of drug-likeness (QED) is 0.735. The molecule has 0 radical (unpaired) electrons. The predicted molar refractivity (Wildman–Crippen MR) is 89.7 cm³/mol. The van der Waals surface area contributed by atoms with Crippen molar-refractivity contribution in [3.05, 3.63) is 29.8 Å². The number of nitrogens with one attached hydrogen (secondary N) is 2. The molecule has 0 aliphatic rings. The Hall–Kier alpha value is -2.57. The van der Waals surface area contributed by atoms with Crippen LogP contribution in [0.15, 0.2) is 24.3 Å². The Balaban J connectivity index is 2.99. The highest BCUT2D eigenvalue weighted by Crippen LogP contribution is 2.17. The Morgan fingerprint density at radius 2 is 1.54 bits per heavy atom. The zero-order chi connectivity index (χ0) is 18.3. The summed E-state index contributed by atoms with van der Waals surface area (Å²) in [6.45, 7) is 5.25. The third-order valence-electron chi connectivity index (χ3n) is 3.51. The zero-order valence-corrected chi connectivity index (χ0v) is 14.6. The highest BCUT2D eigenvalue weighted by Gasteiger charge is 2.26. The van der Waals surface area contributed by atoms with Crippen LogP contribution in [0.25, 0.3) is 0 Å². The number of esters is 2. The van der Waals surface area contributed by atoms with Crippen LogP contribution in [0, 0.1) is 5.92 Å². The van der Waals surface area contributed by atoms with E-state index in [1.54, 1.807) is 31.2 Å². The van der Waals surface area contributed by atoms with Crippen LogP contribution < -0.4 is 10.6 Å². The molecule has 0 heterocycles. The molecule has 1 amide bonds. The zero-order valence-electron chi connectivity index (χ0n) is 14.6. The van der Waals surface area contributed by atoms with Crippen LogP contribution in [-0.2, 0) is 19.1 Å². The first kappa shape index (κ1) is 19.5. The largest absolute Gasteiger partial charge is 0.467 e. The fourth-order valence-corrected chi connectivity index (χ4v) is 2.12. The summed E-state index contributed by atoms with van der Waals surface area (Å²) in [6, 6.07) is 5.35. The van der Waals surface area contributed by atoms with Gasteiger partial charge in [-0.2, -0.15) is 0 Å². The Morgan fingerprint density at radius 3 is 2.08 bits per heavy atom. The molecule has 7 heteroatoms. The van der Waals surface area contributed by atoms with Crippen molar-refractivity contribution in [1.82, 2.24) is 5.32 Å². The summed E-state index contributed by atoms with van der Waals surface area (Å²) in [7, 11) is 2.57. The predicted octanol–water partition coefficient (Wildman–Crippen LogP) is 1.59. The molecule has 0 saturated heterocycles. The normalized spacial score (nSPS) is 12.9. The number of methoxy groups -OCH3 is 2. The van der Waals surface area contributed by atoms with E-state index in [-0.39, 0.29) is 5.92 Å². The number of hydrogen-bond donors (Lipinski definition) is 2. The summed E-state index contributed by atoms with van der Waals surface area (Å²) >= 11 is 0. The molecule has 0 aliphatic carbocycles.